The molecular weight excluding hydrogens is 360 g/mol. The Bertz CT molecular complexity index is 590. The van der Waals surface area contributed by atoms with E-state index in [1.165, 1.54) is 19.2 Å². The average Bonchev–Trinajstić information content (AvgIpc) is 2.45. The predicted molar refractivity (Wildman–Crippen MR) is 83.8 cm³/mol. The van der Waals surface area contributed by atoms with Gasteiger partial charge in [-0.25, -0.2) is 13.1 Å². The first-order valence-electron chi connectivity index (χ1n) is 6.48. The van der Waals surface area contributed by atoms with E-state index in [1.807, 2.05) is 6.92 Å². The summed E-state index contributed by atoms with van der Waals surface area (Å²) >= 11 is 3.26. The normalized spacial score (nSPS) is 11.4. The molecule has 0 saturated carbocycles. The van der Waals surface area contributed by atoms with Gasteiger partial charge in [0.25, 0.3) is 5.91 Å². The van der Waals surface area contributed by atoms with E-state index in [-0.39, 0.29) is 29.5 Å². The second-order valence-electron chi connectivity index (χ2n) is 4.29. The SMILES string of the molecule is CCCNC(=O)c1cc(S(=O)(=O)NCCOC)ccc1Br. The van der Waals surface area contributed by atoms with Gasteiger partial charge in [-0.15, -0.1) is 0 Å². The summed E-state index contributed by atoms with van der Waals surface area (Å²) in [6.07, 6.45) is 0.805. The van der Waals surface area contributed by atoms with Gasteiger partial charge in [0.1, 0.15) is 0 Å². The summed E-state index contributed by atoms with van der Waals surface area (Å²) in [5.41, 5.74) is 0.290. The van der Waals surface area contributed by atoms with Gasteiger partial charge in [0.2, 0.25) is 10.0 Å². The average molecular weight is 379 g/mol. The van der Waals surface area contributed by atoms with Gasteiger partial charge in [-0.05, 0) is 40.5 Å². The van der Waals surface area contributed by atoms with Crippen molar-refractivity contribution in [3.8, 4) is 0 Å². The number of carbonyl (C=O) groups excluding carboxylic acids is 1. The standard InChI is InChI=1S/C13H19BrN2O4S/c1-3-6-15-13(17)11-9-10(4-5-12(11)14)21(18,19)16-7-8-20-2/h4-5,9,16H,3,6-8H2,1-2H3,(H,15,17). The third-order valence-corrected chi connectivity index (χ3v) is 4.78. The Hall–Kier alpha value is -0.960. The molecule has 0 atom stereocenters. The van der Waals surface area contributed by atoms with E-state index in [0.717, 1.165) is 6.42 Å². The third kappa shape index (κ3) is 5.39. The molecule has 21 heavy (non-hydrogen) atoms. The van der Waals surface area contributed by atoms with Crippen LogP contribution in [0.3, 0.4) is 0 Å². The van der Waals surface area contributed by atoms with Crippen LogP contribution in [0.1, 0.15) is 23.7 Å². The Labute approximate surface area is 133 Å². The van der Waals surface area contributed by atoms with E-state index < -0.39 is 10.0 Å². The monoisotopic (exact) mass is 378 g/mol. The topological polar surface area (TPSA) is 84.5 Å². The molecule has 0 aliphatic carbocycles. The van der Waals surface area contributed by atoms with Crippen molar-refractivity contribution in [2.75, 3.05) is 26.8 Å². The molecule has 1 amide bonds. The van der Waals surface area contributed by atoms with E-state index in [4.69, 9.17) is 4.74 Å². The molecule has 0 aliphatic heterocycles. The number of amides is 1. The van der Waals surface area contributed by atoms with Crippen molar-refractivity contribution in [2.45, 2.75) is 18.2 Å². The van der Waals surface area contributed by atoms with Crippen LogP contribution in [0.15, 0.2) is 27.6 Å². The van der Waals surface area contributed by atoms with Crippen LogP contribution in [0.4, 0.5) is 0 Å². The van der Waals surface area contributed by atoms with Gasteiger partial charge in [-0.2, -0.15) is 0 Å². The lowest BCUT2D eigenvalue weighted by molar-refractivity contribution is 0.0952. The fourth-order valence-electron chi connectivity index (χ4n) is 1.54. The summed E-state index contributed by atoms with van der Waals surface area (Å²) in [5.74, 6) is -0.308. The zero-order chi connectivity index (χ0) is 15.9. The maximum Gasteiger partial charge on any atom is 0.252 e. The molecule has 0 aliphatic rings. The van der Waals surface area contributed by atoms with Gasteiger partial charge < -0.3 is 10.1 Å². The third-order valence-electron chi connectivity index (χ3n) is 2.63. The van der Waals surface area contributed by atoms with Gasteiger partial charge in [0, 0.05) is 24.7 Å². The number of carbonyl (C=O) groups is 1. The highest BCUT2D eigenvalue weighted by molar-refractivity contribution is 9.10. The largest absolute Gasteiger partial charge is 0.383 e. The minimum atomic E-state index is -3.66. The molecule has 0 radical (unpaired) electrons. The van der Waals surface area contributed by atoms with Gasteiger partial charge in [-0.3, -0.25) is 4.79 Å². The number of nitrogens with one attached hydrogen (secondary N) is 2. The summed E-state index contributed by atoms with van der Waals surface area (Å²) in [6.45, 7) is 2.93. The summed E-state index contributed by atoms with van der Waals surface area (Å²) < 4.78 is 31.9. The fourth-order valence-corrected chi connectivity index (χ4v) is 3.01. The highest BCUT2D eigenvalue weighted by Gasteiger charge is 2.18. The quantitative estimate of drug-likeness (QED) is 0.671. The smallest absolute Gasteiger partial charge is 0.252 e. The predicted octanol–water partition coefficient (Wildman–Crippen LogP) is 1.51. The van der Waals surface area contributed by atoms with Gasteiger partial charge in [-0.1, -0.05) is 6.92 Å². The van der Waals surface area contributed by atoms with Crippen LogP contribution in [0.25, 0.3) is 0 Å². The minimum Gasteiger partial charge on any atom is -0.383 e. The molecule has 0 aromatic heterocycles. The zero-order valence-corrected chi connectivity index (χ0v) is 14.4. The van der Waals surface area contributed by atoms with Gasteiger partial charge in [0.05, 0.1) is 17.1 Å². The molecule has 118 valence electrons. The zero-order valence-electron chi connectivity index (χ0n) is 12.0. The van der Waals surface area contributed by atoms with Crippen LogP contribution in [0, 0.1) is 0 Å². The minimum absolute atomic E-state index is 0.0449. The molecule has 0 bridgehead atoms. The number of methoxy groups -OCH3 is 1. The number of benzene rings is 1. The number of hydrogen-bond acceptors (Lipinski definition) is 4. The van der Waals surface area contributed by atoms with E-state index >= 15 is 0 Å². The number of sulfonamides is 1. The van der Waals surface area contributed by atoms with E-state index in [9.17, 15) is 13.2 Å². The highest BCUT2D eigenvalue weighted by atomic mass is 79.9. The summed E-state index contributed by atoms with van der Waals surface area (Å²) in [4.78, 5) is 12.0. The second kappa shape index (κ2) is 8.47. The Balaban J connectivity index is 2.97. The molecule has 6 nitrogen and oxygen atoms in total. The summed E-state index contributed by atoms with van der Waals surface area (Å²) in [5, 5.41) is 2.72. The van der Waals surface area contributed by atoms with E-state index in [1.54, 1.807) is 6.07 Å². The van der Waals surface area contributed by atoms with Crippen molar-refractivity contribution in [1.82, 2.24) is 10.0 Å². The van der Waals surface area contributed by atoms with Crippen LogP contribution < -0.4 is 10.0 Å². The van der Waals surface area contributed by atoms with Gasteiger partial charge >= 0.3 is 0 Å². The van der Waals surface area contributed by atoms with Crippen LogP contribution in [0.2, 0.25) is 0 Å². The van der Waals surface area contributed by atoms with Crippen molar-refractivity contribution in [2.24, 2.45) is 0 Å². The second-order valence-corrected chi connectivity index (χ2v) is 6.91. The van der Waals surface area contributed by atoms with Crippen molar-refractivity contribution < 1.29 is 17.9 Å². The van der Waals surface area contributed by atoms with E-state index in [2.05, 4.69) is 26.0 Å². The fraction of sp³-hybridized carbons (Fsp3) is 0.462. The molecule has 0 heterocycles. The van der Waals surface area contributed by atoms with Crippen LogP contribution in [-0.4, -0.2) is 41.1 Å². The Kier molecular flexibility index (Phi) is 7.30. The Morgan fingerprint density at radius 1 is 1.33 bits per heavy atom. The number of hydrogen-bond donors (Lipinski definition) is 2. The Morgan fingerprint density at radius 2 is 2.05 bits per heavy atom. The molecule has 0 unspecified atom stereocenters. The first-order chi connectivity index (χ1) is 9.92. The molecule has 2 N–H and O–H groups in total. The number of halogens is 1. The Morgan fingerprint density at radius 3 is 2.67 bits per heavy atom. The highest BCUT2D eigenvalue weighted by Crippen LogP contribution is 2.21. The lowest BCUT2D eigenvalue weighted by atomic mass is 10.2. The first kappa shape index (κ1) is 18.1. The molecule has 8 heteroatoms. The summed E-state index contributed by atoms with van der Waals surface area (Å²) in [7, 11) is -2.17. The van der Waals surface area contributed by atoms with Crippen LogP contribution >= 0.6 is 15.9 Å². The molecule has 1 rings (SSSR count). The lowest BCUT2D eigenvalue weighted by Gasteiger charge is -2.10. The molecule has 1 aromatic carbocycles. The maximum atomic E-state index is 12.1. The van der Waals surface area contributed by atoms with Crippen molar-refractivity contribution in [3.63, 3.8) is 0 Å². The molecular formula is C13H19BrN2O4S. The molecule has 0 saturated heterocycles. The van der Waals surface area contributed by atoms with Gasteiger partial charge in [0.15, 0.2) is 0 Å². The van der Waals surface area contributed by atoms with E-state index in [0.29, 0.717) is 11.0 Å². The summed E-state index contributed by atoms with van der Waals surface area (Å²) in [6, 6.07) is 4.34. The van der Waals surface area contributed by atoms with Crippen LogP contribution in [-0.2, 0) is 14.8 Å². The van der Waals surface area contributed by atoms with Crippen molar-refractivity contribution in [1.29, 1.82) is 0 Å². The molecule has 0 fully saturated rings. The number of ether oxygens (including phenoxy) is 1. The maximum absolute atomic E-state index is 12.1. The van der Waals surface area contributed by atoms with Crippen molar-refractivity contribution in [3.05, 3.63) is 28.2 Å². The van der Waals surface area contributed by atoms with Crippen LogP contribution in [0.5, 0.6) is 0 Å². The molecule has 1 aromatic rings. The lowest BCUT2D eigenvalue weighted by Crippen LogP contribution is -2.28. The van der Waals surface area contributed by atoms with Crippen molar-refractivity contribution >= 4 is 31.9 Å². The number of rotatable bonds is 8. The first-order valence-corrected chi connectivity index (χ1v) is 8.76. The molecule has 0 spiro atoms.